The molecule has 0 amide bonds. The summed E-state index contributed by atoms with van der Waals surface area (Å²) in [6.07, 6.45) is -4.12. The van der Waals surface area contributed by atoms with Gasteiger partial charge in [0.15, 0.2) is 0 Å². The molecule has 1 heterocycles. The van der Waals surface area contributed by atoms with E-state index in [9.17, 15) is 40.3 Å². The van der Waals surface area contributed by atoms with E-state index >= 15 is 0 Å². The molecule has 2 aromatic rings. The molecule has 0 saturated carbocycles. The molecule has 1 N–H and O–H groups in total. The number of ether oxygens (including phenoxy) is 1. The minimum atomic E-state index is -5.31. The van der Waals surface area contributed by atoms with Crippen molar-refractivity contribution in [2.24, 2.45) is 0 Å². The van der Waals surface area contributed by atoms with E-state index in [1.165, 1.54) is 0 Å². The summed E-state index contributed by atoms with van der Waals surface area (Å²) in [5.74, 6) is -1.32. The number of sulfonamides is 1. The SMILES string of the molecule is CCCCOC(=O)CC1CCc2cc(C(O)(CF)C(F)(F)F)ccc2N1S(=O)(=O)c1ccc(F)cc1. The highest BCUT2D eigenvalue weighted by Gasteiger charge is 2.55. The fraction of sp³-hybridized carbons (Fsp3) is 0.458. The molecule has 0 radical (unpaired) electrons. The number of fused-ring (bicyclic) bond motifs is 1. The van der Waals surface area contributed by atoms with Crippen LogP contribution in [0.25, 0.3) is 0 Å². The summed E-state index contributed by atoms with van der Waals surface area (Å²) in [7, 11) is -4.39. The molecule has 6 nitrogen and oxygen atoms in total. The number of aryl methyl sites for hydroxylation is 1. The normalized spacial score (nSPS) is 17.9. The second-order valence-electron chi connectivity index (χ2n) is 8.56. The highest BCUT2D eigenvalue weighted by atomic mass is 32.2. The third kappa shape index (κ3) is 5.49. The first-order valence-corrected chi connectivity index (χ1v) is 12.7. The first-order valence-electron chi connectivity index (χ1n) is 11.3. The van der Waals surface area contributed by atoms with Gasteiger partial charge in [0.05, 0.1) is 29.7 Å². The zero-order valence-electron chi connectivity index (χ0n) is 19.4. The van der Waals surface area contributed by atoms with Crippen LogP contribution in [0.2, 0.25) is 0 Å². The summed E-state index contributed by atoms with van der Waals surface area (Å²) in [5, 5.41) is 10.0. The molecule has 2 atom stereocenters. The van der Waals surface area contributed by atoms with Gasteiger partial charge in [-0.15, -0.1) is 0 Å². The van der Waals surface area contributed by atoms with Crippen LogP contribution < -0.4 is 4.31 Å². The number of hydrogen-bond donors (Lipinski definition) is 1. The van der Waals surface area contributed by atoms with Crippen molar-refractivity contribution >= 4 is 21.7 Å². The number of hydrogen-bond acceptors (Lipinski definition) is 5. The second kappa shape index (κ2) is 10.7. The minimum absolute atomic E-state index is 0.0240. The fourth-order valence-electron chi connectivity index (χ4n) is 4.02. The van der Waals surface area contributed by atoms with E-state index in [1.807, 2.05) is 6.92 Å². The van der Waals surface area contributed by atoms with Gasteiger partial charge < -0.3 is 9.84 Å². The molecule has 1 aliphatic heterocycles. The van der Waals surface area contributed by atoms with E-state index < -0.39 is 51.9 Å². The van der Waals surface area contributed by atoms with Crippen LogP contribution in [0.4, 0.5) is 27.6 Å². The number of aliphatic hydroxyl groups is 1. The summed E-state index contributed by atoms with van der Waals surface area (Å²) < 4.78 is 100. The van der Waals surface area contributed by atoms with E-state index in [0.717, 1.165) is 53.2 Å². The Kier molecular flexibility index (Phi) is 8.29. The van der Waals surface area contributed by atoms with Crippen molar-refractivity contribution in [3.8, 4) is 0 Å². The van der Waals surface area contributed by atoms with Crippen LogP contribution in [-0.2, 0) is 31.6 Å². The number of nitrogens with zero attached hydrogens (tertiary/aromatic N) is 1. The third-order valence-corrected chi connectivity index (χ3v) is 7.95. The Morgan fingerprint density at radius 1 is 1.17 bits per heavy atom. The van der Waals surface area contributed by atoms with Crippen LogP contribution in [0.1, 0.15) is 43.7 Å². The van der Waals surface area contributed by atoms with Gasteiger partial charge in [0.25, 0.3) is 10.0 Å². The Bertz CT molecular complexity index is 1190. The lowest BCUT2D eigenvalue weighted by Crippen LogP contribution is -2.46. The smallest absolute Gasteiger partial charge is 0.424 e. The topological polar surface area (TPSA) is 83.9 Å². The van der Waals surface area contributed by atoms with E-state index in [4.69, 9.17) is 4.74 Å². The molecule has 2 aromatic carbocycles. The maximum Gasteiger partial charge on any atom is 0.424 e. The number of unbranched alkanes of at least 4 members (excludes halogenated alkanes) is 1. The quantitative estimate of drug-likeness (QED) is 0.284. The summed E-state index contributed by atoms with van der Waals surface area (Å²) >= 11 is 0. The summed E-state index contributed by atoms with van der Waals surface area (Å²) in [5.41, 5.74) is -4.44. The van der Waals surface area contributed by atoms with Gasteiger partial charge in [-0.05, 0) is 60.7 Å². The highest BCUT2D eigenvalue weighted by Crippen LogP contribution is 2.43. The molecule has 12 heteroatoms. The summed E-state index contributed by atoms with van der Waals surface area (Å²) in [6.45, 7) is -0.0645. The van der Waals surface area contributed by atoms with Crippen LogP contribution in [0.15, 0.2) is 47.4 Å². The Hall–Kier alpha value is -2.73. The van der Waals surface area contributed by atoms with Crippen molar-refractivity contribution in [3.05, 3.63) is 59.4 Å². The van der Waals surface area contributed by atoms with Crippen molar-refractivity contribution < 1.29 is 45.0 Å². The number of halogens is 5. The van der Waals surface area contributed by atoms with Gasteiger partial charge >= 0.3 is 12.1 Å². The standard InChI is InChI=1S/C24H26F5NO5S/c1-2-3-12-35-22(31)14-19-8-4-16-13-17(23(32,15-25)24(27,28)29)5-11-21(16)30(19)36(33,34)20-9-6-18(26)7-10-20/h5-7,9-11,13,19,32H,2-4,8,12,14-15H2,1H3. The fourth-order valence-corrected chi connectivity index (χ4v) is 5.74. The first kappa shape index (κ1) is 27.9. The monoisotopic (exact) mass is 535 g/mol. The van der Waals surface area contributed by atoms with Crippen molar-refractivity contribution in [2.75, 3.05) is 17.6 Å². The number of anilines is 1. The van der Waals surface area contributed by atoms with Gasteiger partial charge in [-0.3, -0.25) is 9.10 Å². The number of rotatable bonds is 9. The molecular formula is C24H26F5NO5S. The van der Waals surface area contributed by atoms with Crippen LogP contribution in [0.3, 0.4) is 0 Å². The molecule has 2 unspecified atom stereocenters. The molecule has 36 heavy (non-hydrogen) atoms. The molecular weight excluding hydrogens is 509 g/mol. The molecule has 0 fully saturated rings. The number of esters is 1. The van der Waals surface area contributed by atoms with E-state index in [2.05, 4.69) is 0 Å². The Labute approximate surface area is 205 Å². The van der Waals surface area contributed by atoms with Crippen LogP contribution >= 0.6 is 0 Å². The lowest BCUT2D eigenvalue weighted by Gasteiger charge is -2.38. The number of carbonyl (C=O) groups excluding carboxylic acids is 1. The number of alkyl halides is 4. The molecule has 198 valence electrons. The van der Waals surface area contributed by atoms with Gasteiger partial charge in [-0.1, -0.05) is 25.5 Å². The van der Waals surface area contributed by atoms with Crippen molar-refractivity contribution in [1.29, 1.82) is 0 Å². The van der Waals surface area contributed by atoms with Gasteiger partial charge in [0.2, 0.25) is 5.60 Å². The average molecular weight is 536 g/mol. The van der Waals surface area contributed by atoms with Crippen molar-refractivity contribution in [2.45, 2.75) is 61.7 Å². The highest BCUT2D eigenvalue weighted by molar-refractivity contribution is 7.92. The zero-order chi connectivity index (χ0) is 26.7. The third-order valence-electron chi connectivity index (χ3n) is 6.07. The van der Waals surface area contributed by atoms with Crippen molar-refractivity contribution in [1.82, 2.24) is 0 Å². The van der Waals surface area contributed by atoms with E-state index in [1.54, 1.807) is 0 Å². The molecule has 0 saturated heterocycles. The second-order valence-corrected chi connectivity index (χ2v) is 10.4. The van der Waals surface area contributed by atoms with E-state index in [-0.39, 0.29) is 42.0 Å². The maximum absolute atomic E-state index is 13.6. The van der Waals surface area contributed by atoms with Gasteiger partial charge in [-0.25, -0.2) is 17.2 Å². The van der Waals surface area contributed by atoms with Crippen molar-refractivity contribution in [3.63, 3.8) is 0 Å². The van der Waals surface area contributed by atoms with Crippen LogP contribution in [0.5, 0.6) is 0 Å². The molecule has 0 bridgehead atoms. The van der Waals surface area contributed by atoms with Gasteiger partial charge in [0, 0.05) is 0 Å². The largest absolute Gasteiger partial charge is 0.466 e. The number of benzene rings is 2. The lowest BCUT2D eigenvalue weighted by molar-refractivity contribution is -0.271. The predicted molar refractivity (Wildman–Crippen MR) is 121 cm³/mol. The van der Waals surface area contributed by atoms with Gasteiger partial charge in [-0.2, -0.15) is 13.2 Å². The Morgan fingerprint density at radius 2 is 1.83 bits per heavy atom. The van der Waals surface area contributed by atoms with Gasteiger partial charge in [0.1, 0.15) is 12.5 Å². The van der Waals surface area contributed by atoms with Crippen LogP contribution in [0, 0.1) is 5.82 Å². The minimum Gasteiger partial charge on any atom is -0.466 e. The Morgan fingerprint density at radius 3 is 2.42 bits per heavy atom. The molecule has 3 rings (SSSR count). The van der Waals surface area contributed by atoms with E-state index in [0.29, 0.717) is 6.42 Å². The zero-order valence-corrected chi connectivity index (χ0v) is 20.2. The maximum atomic E-state index is 13.6. The lowest BCUT2D eigenvalue weighted by atomic mass is 9.88. The summed E-state index contributed by atoms with van der Waals surface area (Å²) in [6, 6.07) is 5.80. The molecule has 0 spiro atoms. The molecule has 0 aliphatic carbocycles. The van der Waals surface area contributed by atoms with Crippen LogP contribution in [-0.4, -0.2) is 45.0 Å². The number of carbonyl (C=O) groups is 1. The predicted octanol–water partition coefficient (Wildman–Crippen LogP) is 4.79. The summed E-state index contributed by atoms with van der Waals surface area (Å²) in [4.78, 5) is 12.1. The molecule has 1 aliphatic rings. The molecule has 0 aromatic heterocycles. The first-order chi connectivity index (χ1) is 16.8. The average Bonchev–Trinajstić information content (AvgIpc) is 2.82. The Balaban J connectivity index is 2.07.